The highest BCUT2D eigenvalue weighted by molar-refractivity contribution is 5.72. The van der Waals surface area contributed by atoms with E-state index in [1.165, 1.54) is 44.9 Å². The highest BCUT2D eigenvalue weighted by Gasteiger charge is 2.18. The predicted octanol–water partition coefficient (Wildman–Crippen LogP) is 5.61. The van der Waals surface area contributed by atoms with Crippen LogP contribution in [-0.2, 0) is 19.1 Å². The number of carbonyl (C=O) groups excluding carboxylic acids is 2. The van der Waals surface area contributed by atoms with Crippen molar-refractivity contribution >= 4 is 11.9 Å². The Labute approximate surface area is 179 Å². The van der Waals surface area contributed by atoms with Gasteiger partial charge >= 0.3 is 11.9 Å². The number of hydrogen-bond acceptors (Lipinski definition) is 5. The average molecular weight is 414 g/mol. The first-order chi connectivity index (χ1) is 13.8. The molecule has 29 heavy (non-hydrogen) atoms. The van der Waals surface area contributed by atoms with Crippen molar-refractivity contribution in [1.82, 2.24) is 4.90 Å². The Bertz CT molecular complexity index is 425. The summed E-state index contributed by atoms with van der Waals surface area (Å²) in [6.07, 6.45) is 11.8. The monoisotopic (exact) mass is 413 g/mol. The van der Waals surface area contributed by atoms with E-state index < -0.39 is 6.10 Å². The first-order valence-corrected chi connectivity index (χ1v) is 11.8. The molecule has 172 valence electrons. The third-order valence-electron chi connectivity index (χ3n) is 5.48. The minimum absolute atomic E-state index is 0.140. The van der Waals surface area contributed by atoms with Crippen LogP contribution in [0.15, 0.2) is 0 Å². The second kappa shape index (κ2) is 17.7. The summed E-state index contributed by atoms with van der Waals surface area (Å²) in [5.41, 5.74) is 0. The summed E-state index contributed by atoms with van der Waals surface area (Å²) in [6.45, 7) is 9.22. The molecule has 0 aromatic heterocycles. The van der Waals surface area contributed by atoms with Crippen LogP contribution in [0, 0.1) is 11.8 Å². The quantitative estimate of drug-likeness (QED) is 0.216. The van der Waals surface area contributed by atoms with Gasteiger partial charge in [-0.25, -0.2) is 0 Å². The fraction of sp³-hybridized carbons (Fsp3) is 0.917. The Kier molecular flexibility index (Phi) is 17.1. The van der Waals surface area contributed by atoms with Crippen molar-refractivity contribution in [3.63, 3.8) is 0 Å². The van der Waals surface area contributed by atoms with Crippen LogP contribution in [0.4, 0.5) is 0 Å². The SMILES string of the molecule is CCC(C)CCCCCCCCCC(=O)OCC(C)OC(=O)C(C)CCN(C)C. The maximum atomic E-state index is 12.0. The molecule has 0 radical (unpaired) electrons. The van der Waals surface area contributed by atoms with Crippen LogP contribution in [0.3, 0.4) is 0 Å². The van der Waals surface area contributed by atoms with Gasteiger partial charge in [0.05, 0.1) is 5.92 Å². The van der Waals surface area contributed by atoms with Gasteiger partial charge in [-0.15, -0.1) is 0 Å². The van der Waals surface area contributed by atoms with Gasteiger partial charge in [0.15, 0.2) is 0 Å². The van der Waals surface area contributed by atoms with Gasteiger partial charge in [0.25, 0.3) is 0 Å². The molecule has 0 aromatic rings. The van der Waals surface area contributed by atoms with Crippen molar-refractivity contribution in [2.45, 2.75) is 104 Å². The third kappa shape index (κ3) is 17.5. The molecule has 0 spiro atoms. The zero-order valence-electron chi connectivity index (χ0n) is 20.0. The number of rotatable bonds is 18. The topological polar surface area (TPSA) is 55.8 Å². The van der Waals surface area contributed by atoms with Gasteiger partial charge in [0, 0.05) is 6.42 Å². The van der Waals surface area contributed by atoms with Crippen LogP contribution >= 0.6 is 0 Å². The number of carbonyl (C=O) groups is 2. The molecule has 0 aliphatic heterocycles. The number of ether oxygens (including phenoxy) is 2. The Morgan fingerprint density at radius 3 is 2.03 bits per heavy atom. The van der Waals surface area contributed by atoms with Gasteiger partial charge in [-0.05, 0) is 46.3 Å². The van der Waals surface area contributed by atoms with Crippen molar-refractivity contribution in [3.05, 3.63) is 0 Å². The van der Waals surface area contributed by atoms with Crippen molar-refractivity contribution < 1.29 is 19.1 Å². The Hall–Kier alpha value is -1.10. The summed E-state index contributed by atoms with van der Waals surface area (Å²) in [5.74, 6) is 0.297. The van der Waals surface area contributed by atoms with Gasteiger partial charge < -0.3 is 14.4 Å². The molecule has 0 amide bonds. The minimum atomic E-state index is -0.399. The molecule has 3 unspecified atom stereocenters. The van der Waals surface area contributed by atoms with Crippen LogP contribution in [0.5, 0.6) is 0 Å². The molecule has 0 saturated heterocycles. The summed E-state index contributed by atoms with van der Waals surface area (Å²) in [7, 11) is 3.96. The van der Waals surface area contributed by atoms with Gasteiger partial charge in [-0.3, -0.25) is 9.59 Å². The summed E-state index contributed by atoms with van der Waals surface area (Å²) in [4.78, 5) is 25.9. The minimum Gasteiger partial charge on any atom is -0.462 e. The van der Waals surface area contributed by atoms with E-state index in [1.54, 1.807) is 6.92 Å². The Morgan fingerprint density at radius 2 is 1.45 bits per heavy atom. The van der Waals surface area contributed by atoms with Crippen molar-refractivity contribution in [3.8, 4) is 0 Å². The first kappa shape index (κ1) is 27.9. The van der Waals surface area contributed by atoms with E-state index in [0.717, 1.165) is 31.7 Å². The second-order valence-corrected chi connectivity index (χ2v) is 8.95. The van der Waals surface area contributed by atoms with Crippen LogP contribution in [0.2, 0.25) is 0 Å². The summed E-state index contributed by atoms with van der Waals surface area (Å²) in [5, 5.41) is 0. The van der Waals surface area contributed by atoms with Crippen LogP contribution in [0.1, 0.15) is 98.3 Å². The number of unbranched alkanes of at least 4 members (excludes halogenated alkanes) is 6. The summed E-state index contributed by atoms with van der Waals surface area (Å²) in [6, 6.07) is 0. The number of nitrogens with zero attached hydrogens (tertiary/aromatic N) is 1. The van der Waals surface area contributed by atoms with Gasteiger partial charge in [-0.2, -0.15) is 0 Å². The van der Waals surface area contributed by atoms with Crippen molar-refractivity contribution in [2.75, 3.05) is 27.2 Å². The summed E-state index contributed by atoms with van der Waals surface area (Å²) >= 11 is 0. The van der Waals surface area contributed by atoms with E-state index in [0.29, 0.717) is 6.42 Å². The molecule has 0 aromatic carbocycles. The molecule has 3 atom stereocenters. The molecule has 0 N–H and O–H groups in total. The zero-order valence-corrected chi connectivity index (χ0v) is 20.0. The van der Waals surface area contributed by atoms with Crippen LogP contribution in [0.25, 0.3) is 0 Å². The molecule has 0 aliphatic rings. The van der Waals surface area contributed by atoms with Crippen LogP contribution in [-0.4, -0.2) is 50.2 Å². The lowest BCUT2D eigenvalue weighted by Crippen LogP contribution is -2.27. The van der Waals surface area contributed by atoms with E-state index in [1.807, 2.05) is 25.9 Å². The van der Waals surface area contributed by atoms with E-state index in [-0.39, 0.29) is 24.5 Å². The molecule has 5 heteroatoms. The number of hydrogen-bond donors (Lipinski definition) is 0. The molecule has 5 nitrogen and oxygen atoms in total. The molecular weight excluding hydrogens is 366 g/mol. The number of esters is 2. The van der Waals surface area contributed by atoms with Crippen molar-refractivity contribution in [2.24, 2.45) is 11.8 Å². The molecule has 0 saturated carbocycles. The molecular formula is C24H47NO4. The lowest BCUT2D eigenvalue weighted by molar-refractivity contribution is -0.161. The first-order valence-electron chi connectivity index (χ1n) is 11.8. The lowest BCUT2D eigenvalue weighted by Gasteiger charge is -2.18. The predicted molar refractivity (Wildman–Crippen MR) is 120 cm³/mol. The third-order valence-corrected chi connectivity index (χ3v) is 5.48. The summed E-state index contributed by atoms with van der Waals surface area (Å²) < 4.78 is 10.6. The Morgan fingerprint density at radius 1 is 0.862 bits per heavy atom. The molecule has 0 fully saturated rings. The largest absolute Gasteiger partial charge is 0.462 e. The van der Waals surface area contributed by atoms with Gasteiger partial charge in [0.1, 0.15) is 12.7 Å². The van der Waals surface area contributed by atoms with Crippen molar-refractivity contribution in [1.29, 1.82) is 0 Å². The average Bonchev–Trinajstić information content (AvgIpc) is 2.68. The fourth-order valence-corrected chi connectivity index (χ4v) is 3.05. The highest BCUT2D eigenvalue weighted by atomic mass is 16.6. The lowest BCUT2D eigenvalue weighted by atomic mass is 10.00. The Balaban J connectivity index is 3.62. The molecule has 0 bridgehead atoms. The highest BCUT2D eigenvalue weighted by Crippen LogP contribution is 2.15. The molecule has 0 heterocycles. The fourth-order valence-electron chi connectivity index (χ4n) is 3.05. The van der Waals surface area contributed by atoms with E-state index >= 15 is 0 Å². The van der Waals surface area contributed by atoms with E-state index in [4.69, 9.17) is 9.47 Å². The van der Waals surface area contributed by atoms with Crippen LogP contribution < -0.4 is 0 Å². The van der Waals surface area contributed by atoms with Gasteiger partial charge in [0.2, 0.25) is 0 Å². The van der Waals surface area contributed by atoms with E-state index in [2.05, 4.69) is 13.8 Å². The maximum Gasteiger partial charge on any atom is 0.309 e. The normalized spacial score (nSPS) is 14.4. The van der Waals surface area contributed by atoms with E-state index in [9.17, 15) is 9.59 Å². The molecule has 0 rings (SSSR count). The van der Waals surface area contributed by atoms with Gasteiger partial charge in [-0.1, -0.05) is 72.1 Å². The molecule has 0 aliphatic carbocycles. The second-order valence-electron chi connectivity index (χ2n) is 8.95. The zero-order chi connectivity index (χ0) is 22.1. The smallest absolute Gasteiger partial charge is 0.309 e. The maximum absolute atomic E-state index is 12.0. The standard InChI is InChI=1S/C24H47NO4/c1-7-20(2)15-13-11-9-8-10-12-14-16-23(26)28-19-22(4)29-24(27)21(3)17-18-25(5)6/h20-22H,7-19H2,1-6H3.